The normalized spacial score (nSPS) is 25.9. The molecule has 0 spiro atoms. The number of piperidine rings is 1. The number of rotatable bonds is 0. The first-order chi connectivity index (χ1) is 6.81. The van der Waals surface area contributed by atoms with Gasteiger partial charge in [-0.15, -0.1) is 12.4 Å². The fourth-order valence-corrected chi connectivity index (χ4v) is 1.75. The van der Waals surface area contributed by atoms with Crippen LogP contribution in [0.1, 0.15) is 40.5 Å². The van der Waals surface area contributed by atoms with Crippen molar-refractivity contribution in [2.75, 3.05) is 6.54 Å². The maximum atomic E-state index is 11.8. The highest BCUT2D eigenvalue weighted by Crippen LogP contribution is 2.19. The number of hydrogen-bond acceptors (Lipinski definition) is 3. The summed E-state index contributed by atoms with van der Waals surface area (Å²) in [6.45, 7) is 8.36. The van der Waals surface area contributed by atoms with Crippen molar-refractivity contribution in [3.8, 4) is 0 Å². The zero-order valence-electron chi connectivity index (χ0n) is 10.5. The van der Waals surface area contributed by atoms with Crippen molar-refractivity contribution in [3.63, 3.8) is 0 Å². The second-order valence-corrected chi connectivity index (χ2v) is 5.22. The van der Waals surface area contributed by atoms with Crippen LogP contribution in [0.2, 0.25) is 0 Å². The number of hydrogen-bond donors (Lipinski definition) is 1. The Hall–Kier alpha value is -0.480. The monoisotopic (exact) mass is 250 g/mol. The first kappa shape index (κ1) is 15.5. The van der Waals surface area contributed by atoms with Gasteiger partial charge in [-0.25, -0.2) is 4.79 Å². The molecule has 1 aliphatic rings. The van der Waals surface area contributed by atoms with E-state index in [4.69, 9.17) is 10.5 Å². The third-order valence-corrected chi connectivity index (χ3v) is 2.68. The van der Waals surface area contributed by atoms with Crippen LogP contribution in [0.4, 0.5) is 4.79 Å². The summed E-state index contributed by atoms with van der Waals surface area (Å²) in [6.07, 6.45) is 1.70. The van der Waals surface area contributed by atoms with Crippen LogP contribution in [0.25, 0.3) is 0 Å². The molecule has 0 saturated carbocycles. The van der Waals surface area contributed by atoms with E-state index in [1.165, 1.54) is 0 Å². The first-order valence-electron chi connectivity index (χ1n) is 5.56. The van der Waals surface area contributed by atoms with Gasteiger partial charge in [-0.3, -0.25) is 0 Å². The Morgan fingerprint density at radius 3 is 2.50 bits per heavy atom. The summed E-state index contributed by atoms with van der Waals surface area (Å²) in [6, 6.07) is 0.153. The number of likely N-dealkylation sites (tertiary alicyclic amines) is 1. The smallest absolute Gasteiger partial charge is 0.410 e. The summed E-state index contributed by atoms with van der Waals surface area (Å²) < 4.78 is 5.33. The number of halogens is 1. The zero-order valence-corrected chi connectivity index (χ0v) is 11.3. The second-order valence-electron chi connectivity index (χ2n) is 5.22. The minimum absolute atomic E-state index is 0. The SMILES string of the molecule is CC1C(N)CCCN1C(=O)OC(C)(C)C.Cl. The van der Waals surface area contributed by atoms with Gasteiger partial charge in [0.05, 0.1) is 0 Å². The van der Waals surface area contributed by atoms with E-state index in [2.05, 4.69) is 0 Å². The van der Waals surface area contributed by atoms with Gasteiger partial charge in [0.1, 0.15) is 5.60 Å². The van der Waals surface area contributed by atoms with Crippen LogP contribution in [-0.4, -0.2) is 35.2 Å². The molecule has 2 N–H and O–H groups in total. The van der Waals surface area contributed by atoms with Crippen molar-refractivity contribution < 1.29 is 9.53 Å². The number of ether oxygens (including phenoxy) is 1. The van der Waals surface area contributed by atoms with E-state index in [0.717, 1.165) is 19.4 Å². The van der Waals surface area contributed by atoms with Crippen molar-refractivity contribution in [3.05, 3.63) is 0 Å². The standard InChI is InChI=1S/C11H22N2O2.ClH/c1-8-9(12)6-5-7-13(8)10(14)15-11(2,3)4;/h8-9H,5-7,12H2,1-4H3;1H. The molecule has 1 amide bonds. The molecule has 96 valence electrons. The predicted molar refractivity (Wildman–Crippen MR) is 66.9 cm³/mol. The van der Waals surface area contributed by atoms with Crippen LogP contribution < -0.4 is 5.73 Å². The van der Waals surface area contributed by atoms with Crippen molar-refractivity contribution in [2.24, 2.45) is 5.73 Å². The Morgan fingerprint density at radius 1 is 1.44 bits per heavy atom. The molecule has 1 heterocycles. The average molecular weight is 251 g/mol. The summed E-state index contributed by atoms with van der Waals surface area (Å²) >= 11 is 0. The van der Waals surface area contributed by atoms with E-state index in [9.17, 15) is 4.79 Å². The summed E-state index contributed by atoms with van der Waals surface area (Å²) in [5, 5.41) is 0. The third-order valence-electron chi connectivity index (χ3n) is 2.68. The molecule has 0 bridgehead atoms. The van der Waals surface area contributed by atoms with Gasteiger partial charge in [0, 0.05) is 18.6 Å². The quantitative estimate of drug-likeness (QED) is 0.717. The lowest BCUT2D eigenvalue weighted by Crippen LogP contribution is -2.53. The van der Waals surface area contributed by atoms with Gasteiger partial charge in [0.25, 0.3) is 0 Å². The Bertz CT molecular complexity index is 241. The van der Waals surface area contributed by atoms with Crippen LogP contribution in [0.15, 0.2) is 0 Å². The molecular formula is C11H23ClN2O2. The molecule has 16 heavy (non-hydrogen) atoms. The summed E-state index contributed by atoms with van der Waals surface area (Å²) in [5.74, 6) is 0. The van der Waals surface area contributed by atoms with Crippen LogP contribution in [0.3, 0.4) is 0 Å². The minimum atomic E-state index is -0.432. The molecule has 1 aliphatic heterocycles. The molecule has 2 atom stereocenters. The molecule has 0 aliphatic carbocycles. The van der Waals surface area contributed by atoms with Crippen LogP contribution in [0, 0.1) is 0 Å². The molecule has 0 aromatic carbocycles. The fraction of sp³-hybridized carbons (Fsp3) is 0.909. The molecular weight excluding hydrogens is 228 g/mol. The molecule has 0 aromatic heterocycles. The maximum absolute atomic E-state index is 11.8. The summed E-state index contributed by atoms with van der Waals surface area (Å²) in [4.78, 5) is 13.6. The Kier molecular flexibility index (Phi) is 5.56. The molecule has 0 aromatic rings. The van der Waals surface area contributed by atoms with E-state index in [1.54, 1.807) is 4.90 Å². The lowest BCUT2D eigenvalue weighted by Gasteiger charge is -2.38. The molecule has 1 rings (SSSR count). The minimum Gasteiger partial charge on any atom is -0.444 e. The van der Waals surface area contributed by atoms with Crippen molar-refractivity contribution >= 4 is 18.5 Å². The third kappa shape index (κ3) is 4.18. The van der Waals surface area contributed by atoms with Crippen LogP contribution in [-0.2, 0) is 4.74 Å². The van der Waals surface area contributed by atoms with E-state index in [1.807, 2.05) is 27.7 Å². The summed E-state index contributed by atoms with van der Waals surface area (Å²) in [5.41, 5.74) is 5.49. The Balaban J connectivity index is 0.00000225. The van der Waals surface area contributed by atoms with Gasteiger partial charge in [-0.1, -0.05) is 0 Å². The largest absolute Gasteiger partial charge is 0.444 e. The number of nitrogens with zero attached hydrogens (tertiary/aromatic N) is 1. The molecule has 2 unspecified atom stereocenters. The van der Waals surface area contributed by atoms with Crippen molar-refractivity contribution in [2.45, 2.75) is 58.2 Å². The molecule has 1 fully saturated rings. The Labute approximate surface area is 104 Å². The molecule has 0 radical (unpaired) electrons. The van der Waals surface area contributed by atoms with Gasteiger partial charge < -0.3 is 15.4 Å². The highest BCUT2D eigenvalue weighted by atomic mass is 35.5. The van der Waals surface area contributed by atoms with Crippen LogP contribution in [0.5, 0.6) is 0 Å². The number of carbonyl (C=O) groups is 1. The predicted octanol–water partition coefficient (Wildman–Crippen LogP) is 2.15. The lowest BCUT2D eigenvalue weighted by molar-refractivity contribution is 0.00933. The topological polar surface area (TPSA) is 55.6 Å². The number of carbonyl (C=O) groups excluding carboxylic acids is 1. The van der Waals surface area contributed by atoms with Gasteiger partial charge in [0.15, 0.2) is 0 Å². The number of amides is 1. The van der Waals surface area contributed by atoms with Crippen molar-refractivity contribution in [1.82, 2.24) is 4.90 Å². The summed E-state index contributed by atoms with van der Waals surface area (Å²) in [7, 11) is 0. The second kappa shape index (κ2) is 5.73. The molecule has 5 heteroatoms. The van der Waals surface area contributed by atoms with Crippen molar-refractivity contribution in [1.29, 1.82) is 0 Å². The van der Waals surface area contributed by atoms with Crippen LogP contribution >= 0.6 is 12.4 Å². The van der Waals surface area contributed by atoms with Gasteiger partial charge in [0.2, 0.25) is 0 Å². The van der Waals surface area contributed by atoms with E-state index < -0.39 is 5.60 Å². The van der Waals surface area contributed by atoms with Gasteiger partial charge in [-0.05, 0) is 40.5 Å². The molecule has 4 nitrogen and oxygen atoms in total. The first-order valence-corrected chi connectivity index (χ1v) is 5.56. The Morgan fingerprint density at radius 2 is 2.00 bits per heavy atom. The lowest BCUT2D eigenvalue weighted by atomic mass is 9.99. The maximum Gasteiger partial charge on any atom is 0.410 e. The highest BCUT2D eigenvalue weighted by Gasteiger charge is 2.31. The zero-order chi connectivity index (χ0) is 11.6. The van der Waals surface area contributed by atoms with Gasteiger partial charge in [-0.2, -0.15) is 0 Å². The highest BCUT2D eigenvalue weighted by molar-refractivity contribution is 5.85. The average Bonchev–Trinajstić information content (AvgIpc) is 2.06. The fourth-order valence-electron chi connectivity index (χ4n) is 1.75. The van der Waals surface area contributed by atoms with E-state index in [0.29, 0.717) is 0 Å². The molecule has 1 saturated heterocycles. The van der Waals surface area contributed by atoms with Gasteiger partial charge >= 0.3 is 6.09 Å². The van der Waals surface area contributed by atoms with E-state index in [-0.39, 0.29) is 30.6 Å². The number of nitrogens with two attached hydrogens (primary N) is 1. The van der Waals surface area contributed by atoms with E-state index >= 15 is 0 Å².